The fraction of sp³-hybridized carbons (Fsp3) is 0.500. The van der Waals surface area contributed by atoms with Crippen molar-refractivity contribution in [3.8, 4) is 11.3 Å². The standard InChI is InChI=1S/C22H29ClN4O3/c1-4-26(5-2)19(28)15-25-11-8-12-27(14-13-25)22(29)20-16(3)30-24-21(20)17-9-6-7-10-18(17)23/h6-7,9-10H,4-5,8,11-15H2,1-3H3. The largest absolute Gasteiger partial charge is 0.360 e. The van der Waals surface area contributed by atoms with Gasteiger partial charge in [0.05, 0.1) is 11.6 Å². The van der Waals surface area contributed by atoms with Crippen LogP contribution < -0.4 is 0 Å². The molecule has 0 aliphatic carbocycles. The van der Waals surface area contributed by atoms with Gasteiger partial charge in [-0.3, -0.25) is 14.5 Å². The lowest BCUT2D eigenvalue weighted by Crippen LogP contribution is -2.42. The zero-order chi connectivity index (χ0) is 21.7. The molecule has 0 spiro atoms. The molecule has 3 rings (SSSR count). The van der Waals surface area contributed by atoms with Gasteiger partial charge in [0.2, 0.25) is 5.91 Å². The summed E-state index contributed by atoms with van der Waals surface area (Å²) in [7, 11) is 0. The van der Waals surface area contributed by atoms with Crippen LogP contribution in [-0.2, 0) is 4.79 Å². The third-order valence-electron chi connectivity index (χ3n) is 5.56. The monoisotopic (exact) mass is 432 g/mol. The molecule has 0 atom stereocenters. The van der Waals surface area contributed by atoms with Gasteiger partial charge in [0.25, 0.3) is 5.91 Å². The topological polar surface area (TPSA) is 69.9 Å². The van der Waals surface area contributed by atoms with E-state index in [0.717, 1.165) is 13.0 Å². The number of likely N-dealkylation sites (N-methyl/N-ethyl adjacent to an activating group) is 1. The molecule has 1 aromatic heterocycles. The molecule has 7 nitrogen and oxygen atoms in total. The number of benzene rings is 1. The molecule has 30 heavy (non-hydrogen) atoms. The average Bonchev–Trinajstić information content (AvgIpc) is 2.96. The second-order valence-corrected chi connectivity index (χ2v) is 7.84. The number of aryl methyl sites for hydroxylation is 1. The Morgan fingerprint density at radius 1 is 1.13 bits per heavy atom. The van der Waals surface area contributed by atoms with E-state index >= 15 is 0 Å². The summed E-state index contributed by atoms with van der Waals surface area (Å²) < 4.78 is 5.36. The van der Waals surface area contributed by atoms with Crippen molar-refractivity contribution < 1.29 is 14.1 Å². The van der Waals surface area contributed by atoms with E-state index in [1.807, 2.05) is 41.8 Å². The van der Waals surface area contributed by atoms with Crippen LogP contribution in [0.3, 0.4) is 0 Å². The highest BCUT2D eigenvalue weighted by atomic mass is 35.5. The zero-order valence-electron chi connectivity index (χ0n) is 17.9. The lowest BCUT2D eigenvalue weighted by atomic mass is 10.0. The van der Waals surface area contributed by atoms with E-state index in [0.29, 0.717) is 66.9 Å². The van der Waals surface area contributed by atoms with Crippen LogP contribution in [0.5, 0.6) is 0 Å². The number of hydrogen-bond acceptors (Lipinski definition) is 5. The van der Waals surface area contributed by atoms with Crippen LogP contribution in [0, 0.1) is 6.92 Å². The Labute approximate surface area is 182 Å². The third kappa shape index (κ3) is 4.84. The molecule has 0 bridgehead atoms. The van der Waals surface area contributed by atoms with Gasteiger partial charge < -0.3 is 14.3 Å². The molecule has 1 aromatic carbocycles. The first-order valence-corrected chi connectivity index (χ1v) is 10.8. The summed E-state index contributed by atoms with van der Waals surface area (Å²) in [6.07, 6.45) is 0.809. The van der Waals surface area contributed by atoms with Crippen LogP contribution >= 0.6 is 11.6 Å². The molecule has 8 heteroatoms. The summed E-state index contributed by atoms with van der Waals surface area (Å²) in [4.78, 5) is 31.6. The van der Waals surface area contributed by atoms with Crippen molar-refractivity contribution in [2.75, 3.05) is 45.8 Å². The van der Waals surface area contributed by atoms with Crippen molar-refractivity contribution in [1.82, 2.24) is 19.9 Å². The molecule has 0 radical (unpaired) electrons. The number of amides is 2. The van der Waals surface area contributed by atoms with Crippen LogP contribution in [-0.4, -0.2) is 77.5 Å². The number of rotatable bonds is 6. The van der Waals surface area contributed by atoms with Crippen LogP contribution in [0.2, 0.25) is 5.02 Å². The van der Waals surface area contributed by atoms with E-state index in [2.05, 4.69) is 10.1 Å². The highest BCUT2D eigenvalue weighted by Crippen LogP contribution is 2.31. The van der Waals surface area contributed by atoms with Gasteiger partial charge in [-0.1, -0.05) is 35.0 Å². The van der Waals surface area contributed by atoms with E-state index in [1.165, 1.54) is 0 Å². The van der Waals surface area contributed by atoms with Gasteiger partial charge in [-0.25, -0.2) is 0 Å². The molecule has 1 aliphatic rings. The third-order valence-corrected chi connectivity index (χ3v) is 5.89. The van der Waals surface area contributed by atoms with Crippen molar-refractivity contribution in [3.05, 3.63) is 40.6 Å². The molecule has 1 saturated heterocycles. The van der Waals surface area contributed by atoms with E-state index in [9.17, 15) is 9.59 Å². The van der Waals surface area contributed by atoms with Gasteiger partial charge in [0, 0.05) is 44.8 Å². The van der Waals surface area contributed by atoms with E-state index in [-0.39, 0.29) is 11.8 Å². The Bertz CT molecular complexity index is 894. The maximum absolute atomic E-state index is 13.4. The van der Waals surface area contributed by atoms with Gasteiger partial charge in [-0.2, -0.15) is 0 Å². The number of halogens is 1. The average molecular weight is 433 g/mol. The van der Waals surface area contributed by atoms with Crippen LogP contribution in [0.1, 0.15) is 36.4 Å². The van der Waals surface area contributed by atoms with Crippen molar-refractivity contribution in [2.45, 2.75) is 27.2 Å². The maximum Gasteiger partial charge on any atom is 0.259 e. The van der Waals surface area contributed by atoms with Crippen LogP contribution in [0.25, 0.3) is 11.3 Å². The minimum Gasteiger partial charge on any atom is -0.360 e. The minimum absolute atomic E-state index is 0.111. The van der Waals surface area contributed by atoms with Crippen molar-refractivity contribution in [1.29, 1.82) is 0 Å². The van der Waals surface area contributed by atoms with Crippen LogP contribution in [0.15, 0.2) is 28.8 Å². The summed E-state index contributed by atoms with van der Waals surface area (Å²) in [6.45, 7) is 10.2. The number of aromatic nitrogens is 1. The first-order valence-electron chi connectivity index (χ1n) is 10.5. The maximum atomic E-state index is 13.4. The van der Waals surface area contributed by atoms with Crippen molar-refractivity contribution in [2.24, 2.45) is 0 Å². The summed E-state index contributed by atoms with van der Waals surface area (Å²) in [6, 6.07) is 7.30. The Morgan fingerprint density at radius 2 is 1.87 bits per heavy atom. The second-order valence-electron chi connectivity index (χ2n) is 7.43. The summed E-state index contributed by atoms with van der Waals surface area (Å²) in [5.41, 5.74) is 1.61. The second kappa shape index (κ2) is 10.1. The highest BCUT2D eigenvalue weighted by molar-refractivity contribution is 6.33. The lowest BCUT2D eigenvalue weighted by molar-refractivity contribution is -0.132. The molecule has 2 aromatic rings. The zero-order valence-corrected chi connectivity index (χ0v) is 18.6. The molecule has 1 aliphatic heterocycles. The predicted octanol–water partition coefficient (Wildman–Crippen LogP) is 3.32. The molecule has 2 amide bonds. The first-order chi connectivity index (χ1) is 14.5. The Morgan fingerprint density at radius 3 is 2.57 bits per heavy atom. The number of carbonyl (C=O) groups excluding carboxylic acids is 2. The molecule has 0 unspecified atom stereocenters. The Hall–Kier alpha value is -2.38. The summed E-state index contributed by atoms with van der Waals surface area (Å²) in [5, 5.41) is 4.64. The van der Waals surface area contributed by atoms with Crippen molar-refractivity contribution in [3.63, 3.8) is 0 Å². The van der Waals surface area contributed by atoms with Gasteiger partial charge in [0.15, 0.2) is 0 Å². The molecule has 0 saturated carbocycles. The van der Waals surface area contributed by atoms with Gasteiger partial charge >= 0.3 is 0 Å². The van der Waals surface area contributed by atoms with Crippen LogP contribution in [0.4, 0.5) is 0 Å². The van der Waals surface area contributed by atoms with Gasteiger partial charge in [-0.15, -0.1) is 0 Å². The van der Waals surface area contributed by atoms with Crippen molar-refractivity contribution >= 4 is 23.4 Å². The molecule has 162 valence electrons. The molecular formula is C22H29ClN4O3. The highest BCUT2D eigenvalue weighted by Gasteiger charge is 2.29. The molecule has 2 heterocycles. The Balaban J connectivity index is 1.73. The first kappa shape index (κ1) is 22.3. The normalized spacial score (nSPS) is 15.1. The van der Waals surface area contributed by atoms with Gasteiger partial charge in [0.1, 0.15) is 17.0 Å². The summed E-state index contributed by atoms with van der Waals surface area (Å²) in [5.74, 6) is 0.504. The van der Waals surface area contributed by atoms with E-state index < -0.39 is 0 Å². The Kier molecular flexibility index (Phi) is 7.50. The number of nitrogens with zero attached hydrogens (tertiary/aromatic N) is 4. The molecular weight excluding hydrogens is 404 g/mol. The number of carbonyl (C=O) groups is 2. The SMILES string of the molecule is CCN(CC)C(=O)CN1CCCN(C(=O)c2c(-c3ccccc3Cl)noc2C)CC1. The summed E-state index contributed by atoms with van der Waals surface area (Å²) >= 11 is 6.32. The quantitative estimate of drug-likeness (QED) is 0.700. The lowest BCUT2D eigenvalue weighted by Gasteiger charge is -2.25. The van der Waals surface area contributed by atoms with E-state index in [4.69, 9.17) is 16.1 Å². The molecule has 0 N–H and O–H groups in total. The molecule has 1 fully saturated rings. The van der Waals surface area contributed by atoms with Gasteiger partial charge in [-0.05, 0) is 33.3 Å². The smallest absolute Gasteiger partial charge is 0.259 e. The fourth-order valence-corrected chi connectivity index (χ4v) is 4.04. The van der Waals surface area contributed by atoms with E-state index in [1.54, 1.807) is 13.0 Å². The number of hydrogen-bond donors (Lipinski definition) is 0. The predicted molar refractivity (Wildman–Crippen MR) is 117 cm³/mol. The minimum atomic E-state index is -0.111. The fourth-order valence-electron chi connectivity index (χ4n) is 3.82.